The average molecular weight is 487 g/mol. The van der Waals surface area contributed by atoms with Crippen LogP contribution in [-0.4, -0.2) is 74.9 Å². The first-order chi connectivity index (χ1) is 16.9. The molecule has 0 spiro atoms. The summed E-state index contributed by atoms with van der Waals surface area (Å²) in [5.41, 5.74) is 2.37. The van der Waals surface area contributed by atoms with E-state index in [0.29, 0.717) is 24.8 Å². The molecule has 3 N–H and O–H groups in total. The van der Waals surface area contributed by atoms with Gasteiger partial charge in [-0.2, -0.15) is 0 Å². The summed E-state index contributed by atoms with van der Waals surface area (Å²) >= 11 is 0. The number of fused-ring (bicyclic) bond motifs is 4. The molecule has 0 aromatic carbocycles. The van der Waals surface area contributed by atoms with E-state index in [0.717, 1.165) is 43.9 Å². The van der Waals surface area contributed by atoms with Crippen LogP contribution in [0.15, 0.2) is 35.3 Å². The molecule has 3 aliphatic heterocycles. The smallest absolute Gasteiger partial charge is 0.339 e. The lowest BCUT2D eigenvalue weighted by molar-refractivity contribution is -0.123. The van der Waals surface area contributed by atoms with Crippen molar-refractivity contribution in [3.8, 4) is 0 Å². The Labute approximate surface area is 202 Å². The first-order valence-electron chi connectivity index (χ1n) is 11.5. The van der Waals surface area contributed by atoms with E-state index >= 15 is 0 Å². The van der Waals surface area contributed by atoms with Gasteiger partial charge < -0.3 is 24.8 Å². The van der Waals surface area contributed by atoms with Crippen molar-refractivity contribution in [2.75, 3.05) is 31.1 Å². The molecule has 5 rings (SSSR count). The standard InChI is InChI=1S/C22H26N4O3.2CH2O2/c27-21-16(13-24-8-1-2-9-24)5-6-19-17-10-15(12-26(19)21)11-25(14-17)20-18(22(28)29)4-3-7-23-20;2*2-1-3/h3-7,15,17H,1-2,8-14H2,(H,28,29);2*1H,(H,2,3)/t15-,17+;;/m0../s1. The van der Waals surface area contributed by atoms with Crippen molar-refractivity contribution < 1.29 is 29.7 Å². The predicted molar refractivity (Wildman–Crippen MR) is 127 cm³/mol. The Morgan fingerprint density at radius 3 is 2.40 bits per heavy atom. The summed E-state index contributed by atoms with van der Waals surface area (Å²) in [4.78, 5) is 50.3. The van der Waals surface area contributed by atoms with Crippen molar-refractivity contribution in [3.05, 3.63) is 57.6 Å². The van der Waals surface area contributed by atoms with Gasteiger partial charge in [0.15, 0.2) is 0 Å². The Morgan fingerprint density at radius 2 is 1.74 bits per heavy atom. The van der Waals surface area contributed by atoms with Crippen LogP contribution in [0, 0.1) is 5.92 Å². The van der Waals surface area contributed by atoms with Crippen LogP contribution in [0.25, 0.3) is 0 Å². The molecule has 2 fully saturated rings. The third kappa shape index (κ3) is 6.04. The van der Waals surface area contributed by atoms with E-state index in [4.69, 9.17) is 19.8 Å². The first-order valence-corrected chi connectivity index (χ1v) is 11.5. The number of hydrogen-bond acceptors (Lipinski definition) is 7. The van der Waals surface area contributed by atoms with Gasteiger partial charge in [-0.3, -0.25) is 19.3 Å². The molecule has 0 saturated carbocycles. The minimum Gasteiger partial charge on any atom is -0.483 e. The number of aromatic nitrogens is 2. The Kier molecular flexibility index (Phi) is 8.96. The Bertz CT molecular complexity index is 1090. The maximum atomic E-state index is 13.2. The van der Waals surface area contributed by atoms with Crippen molar-refractivity contribution in [1.82, 2.24) is 14.5 Å². The fourth-order valence-corrected chi connectivity index (χ4v) is 5.28. The summed E-state index contributed by atoms with van der Waals surface area (Å²) in [7, 11) is 0. The van der Waals surface area contributed by atoms with Gasteiger partial charge in [-0.1, -0.05) is 6.07 Å². The highest BCUT2D eigenvalue weighted by molar-refractivity contribution is 5.93. The molecule has 0 unspecified atom stereocenters. The zero-order valence-electron chi connectivity index (χ0n) is 19.3. The number of piperidine rings is 1. The molecular weight excluding hydrogens is 456 g/mol. The lowest BCUT2D eigenvalue weighted by Crippen LogP contribution is -2.48. The second-order valence-corrected chi connectivity index (χ2v) is 8.78. The molecule has 0 amide bonds. The van der Waals surface area contributed by atoms with Crippen LogP contribution in [0.5, 0.6) is 0 Å². The average Bonchev–Trinajstić information content (AvgIpc) is 3.35. The third-order valence-electron chi connectivity index (χ3n) is 6.59. The number of carboxylic acids is 1. The van der Waals surface area contributed by atoms with Gasteiger partial charge in [0, 0.05) is 49.6 Å². The summed E-state index contributed by atoms with van der Waals surface area (Å²) in [5, 5.41) is 23.3. The maximum absolute atomic E-state index is 13.2. The quantitative estimate of drug-likeness (QED) is 0.543. The SMILES string of the molecule is O=C(O)c1cccnc1N1C[C@@H]2C[C@H](C1)c1ccc(CN3CCCC3)c(=O)n1C2.O=CO.O=CO. The number of rotatable bonds is 4. The second kappa shape index (κ2) is 12.1. The van der Waals surface area contributed by atoms with Crippen molar-refractivity contribution in [2.45, 2.75) is 38.3 Å². The second-order valence-electron chi connectivity index (χ2n) is 8.78. The predicted octanol–water partition coefficient (Wildman–Crippen LogP) is 1.56. The van der Waals surface area contributed by atoms with Crippen molar-refractivity contribution in [2.24, 2.45) is 5.92 Å². The zero-order chi connectivity index (χ0) is 25.4. The lowest BCUT2D eigenvalue weighted by Gasteiger charge is -2.43. The van der Waals surface area contributed by atoms with Gasteiger partial charge >= 0.3 is 5.97 Å². The lowest BCUT2D eigenvalue weighted by atomic mass is 9.82. The van der Waals surface area contributed by atoms with E-state index in [1.807, 2.05) is 10.6 Å². The van der Waals surface area contributed by atoms with E-state index < -0.39 is 5.97 Å². The van der Waals surface area contributed by atoms with E-state index in [2.05, 4.69) is 20.9 Å². The highest BCUT2D eigenvalue weighted by atomic mass is 16.4. The Morgan fingerprint density at radius 1 is 1.06 bits per heavy atom. The Balaban J connectivity index is 0.000000520. The summed E-state index contributed by atoms with van der Waals surface area (Å²) < 4.78 is 1.98. The number of carboxylic acid groups (broad SMARTS) is 3. The summed E-state index contributed by atoms with van der Waals surface area (Å²) in [6.07, 6.45) is 5.13. The number of nitrogens with zero attached hydrogens (tertiary/aromatic N) is 4. The molecule has 35 heavy (non-hydrogen) atoms. The van der Waals surface area contributed by atoms with Crippen LogP contribution in [0.4, 0.5) is 5.82 Å². The minimum absolute atomic E-state index is 0.154. The van der Waals surface area contributed by atoms with Gasteiger partial charge in [-0.25, -0.2) is 9.78 Å². The molecule has 2 atom stereocenters. The van der Waals surface area contributed by atoms with Gasteiger partial charge in [-0.15, -0.1) is 0 Å². The summed E-state index contributed by atoms with van der Waals surface area (Å²) in [5.74, 6) is 0.132. The normalized spacial score (nSPS) is 20.4. The first kappa shape index (κ1) is 25.9. The Hall–Kier alpha value is -3.73. The van der Waals surface area contributed by atoms with Gasteiger partial charge in [0.1, 0.15) is 11.4 Å². The molecule has 2 bridgehead atoms. The molecule has 188 valence electrons. The van der Waals surface area contributed by atoms with Gasteiger partial charge in [0.25, 0.3) is 18.5 Å². The summed E-state index contributed by atoms with van der Waals surface area (Å²) in [6.45, 7) is 4.53. The number of aromatic carboxylic acids is 1. The van der Waals surface area contributed by atoms with E-state index in [1.54, 1.807) is 18.3 Å². The molecule has 0 radical (unpaired) electrons. The molecule has 11 nitrogen and oxygen atoms in total. The van der Waals surface area contributed by atoms with Gasteiger partial charge in [-0.05, 0) is 56.5 Å². The maximum Gasteiger partial charge on any atom is 0.339 e. The topological polar surface area (TPSA) is 153 Å². The number of likely N-dealkylation sites (tertiary alicyclic amines) is 1. The van der Waals surface area contributed by atoms with E-state index in [9.17, 15) is 14.7 Å². The molecule has 2 saturated heterocycles. The zero-order valence-corrected chi connectivity index (χ0v) is 19.3. The molecule has 5 heterocycles. The molecule has 2 aromatic rings. The monoisotopic (exact) mass is 486 g/mol. The van der Waals surface area contributed by atoms with Crippen LogP contribution >= 0.6 is 0 Å². The number of pyridine rings is 2. The van der Waals surface area contributed by atoms with Crippen LogP contribution in [0.3, 0.4) is 0 Å². The summed E-state index contributed by atoms with van der Waals surface area (Å²) in [6, 6.07) is 7.40. The molecule has 11 heteroatoms. The largest absolute Gasteiger partial charge is 0.483 e. The van der Waals surface area contributed by atoms with Crippen LogP contribution < -0.4 is 10.5 Å². The van der Waals surface area contributed by atoms with Gasteiger partial charge in [0.05, 0.1) is 0 Å². The van der Waals surface area contributed by atoms with Crippen LogP contribution in [0.1, 0.15) is 46.8 Å². The highest BCUT2D eigenvalue weighted by Gasteiger charge is 2.36. The van der Waals surface area contributed by atoms with Gasteiger partial charge in [0.2, 0.25) is 0 Å². The third-order valence-corrected chi connectivity index (χ3v) is 6.59. The fraction of sp³-hybridized carbons (Fsp3) is 0.458. The van der Waals surface area contributed by atoms with E-state index in [-0.39, 0.29) is 30.0 Å². The van der Waals surface area contributed by atoms with Crippen molar-refractivity contribution in [1.29, 1.82) is 0 Å². The fourth-order valence-electron chi connectivity index (χ4n) is 5.28. The molecular formula is C24H30N4O7. The molecule has 0 aliphatic carbocycles. The number of hydrogen-bond donors (Lipinski definition) is 3. The van der Waals surface area contributed by atoms with Crippen LogP contribution in [-0.2, 0) is 22.7 Å². The van der Waals surface area contributed by atoms with E-state index in [1.165, 1.54) is 12.8 Å². The van der Waals surface area contributed by atoms with Crippen molar-refractivity contribution in [3.63, 3.8) is 0 Å². The number of carbonyl (C=O) groups is 3. The molecule has 2 aromatic heterocycles. The molecule has 3 aliphatic rings. The van der Waals surface area contributed by atoms with Crippen LogP contribution in [0.2, 0.25) is 0 Å². The highest BCUT2D eigenvalue weighted by Crippen LogP contribution is 2.37. The number of anilines is 1. The minimum atomic E-state index is -0.952. The van der Waals surface area contributed by atoms with Crippen molar-refractivity contribution >= 4 is 24.7 Å².